The second-order valence-corrected chi connectivity index (χ2v) is 10.4. The van der Waals surface area contributed by atoms with Crippen LogP contribution in [0.1, 0.15) is 78.2 Å². The van der Waals surface area contributed by atoms with Crippen LogP contribution in [0.4, 0.5) is 4.79 Å². The first-order valence-corrected chi connectivity index (χ1v) is 10.8. The van der Waals surface area contributed by atoms with E-state index in [1.54, 1.807) is 15.8 Å². The summed E-state index contributed by atoms with van der Waals surface area (Å²) in [6.07, 6.45) is 1.89. The number of hydrogen-bond donors (Lipinski definition) is 1. The zero-order chi connectivity index (χ0) is 22.5. The topological polar surface area (TPSA) is 93.9 Å². The Kier molecular flexibility index (Phi) is 5.69. The molecule has 0 bridgehead atoms. The number of aliphatic hydroxyl groups is 1. The first kappa shape index (κ1) is 22.6. The molecule has 0 saturated carbocycles. The summed E-state index contributed by atoms with van der Waals surface area (Å²) < 4.78 is 13.6. The van der Waals surface area contributed by atoms with Crippen LogP contribution in [0.5, 0.6) is 5.75 Å². The minimum absolute atomic E-state index is 0.181. The van der Waals surface area contributed by atoms with Crippen LogP contribution in [0.3, 0.4) is 0 Å². The van der Waals surface area contributed by atoms with Gasteiger partial charge < -0.3 is 19.5 Å². The SMILES string of the molecule is CCC(O)C1C(=O)c2nn(C(C)(C)C)cc2OC12CCN(C(=O)OC(C)(C)C)CC2. The maximum absolute atomic E-state index is 13.4. The molecule has 1 fully saturated rings. The smallest absolute Gasteiger partial charge is 0.410 e. The molecule has 0 aromatic carbocycles. The largest absolute Gasteiger partial charge is 0.482 e. The molecule has 1 amide bonds. The van der Waals surface area contributed by atoms with Crippen LogP contribution in [-0.2, 0) is 10.3 Å². The van der Waals surface area contributed by atoms with Gasteiger partial charge in [0.25, 0.3) is 0 Å². The maximum Gasteiger partial charge on any atom is 0.410 e. The van der Waals surface area contributed by atoms with E-state index in [1.165, 1.54) is 0 Å². The second kappa shape index (κ2) is 7.55. The molecule has 30 heavy (non-hydrogen) atoms. The third-order valence-corrected chi connectivity index (χ3v) is 5.83. The first-order chi connectivity index (χ1) is 13.8. The van der Waals surface area contributed by atoms with E-state index < -0.39 is 23.2 Å². The number of piperidine rings is 1. The number of ketones is 1. The van der Waals surface area contributed by atoms with Crippen LogP contribution in [0.2, 0.25) is 0 Å². The highest BCUT2D eigenvalue weighted by Crippen LogP contribution is 2.45. The minimum atomic E-state index is -0.857. The average molecular weight is 422 g/mol. The van der Waals surface area contributed by atoms with Gasteiger partial charge in [-0.3, -0.25) is 9.48 Å². The lowest BCUT2D eigenvalue weighted by Gasteiger charge is -2.48. The molecule has 2 atom stereocenters. The highest BCUT2D eigenvalue weighted by molar-refractivity contribution is 6.00. The normalized spacial score (nSPS) is 22.5. The number of likely N-dealkylation sites (tertiary alicyclic amines) is 1. The molecule has 1 N–H and O–H groups in total. The highest BCUT2D eigenvalue weighted by atomic mass is 16.6. The van der Waals surface area contributed by atoms with Gasteiger partial charge in [0.1, 0.15) is 11.2 Å². The number of carbonyl (C=O) groups excluding carboxylic acids is 2. The predicted molar refractivity (Wildman–Crippen MR) is 112 cm³/mol. The number of nitrogens with zero attached hydrogens (tertiary/aromatic N) is 3. The highest BCUT2D eigenvalue weighted by Gasteiger charge is 2.55. The molecular weight excluding hydrogens is 386 g/mol. The van der Waals surface area contributed by atoms with Crippen molar-refractivity contribution in [2.24, 2.45) is 5.92 Å². The van der Waals surface area contributed by atoms with Crippen molar-refractivity contribution >= 4 is 11.9 Å². The van der Waals surface area contributed by atoms with Crippen LogP contribution < -0.4 is 4.74 Å². The molecule has 8 heteroatoms. The number of amides is 1. The molecule has 0 aliphatic carbocycles. The fourth-order valence-electron chi connectivity index (χ4n) is 4.18. The molecule has 1 aromatic rings. The molecule has 3 rings (SSSR count). The molecular formula is C22H35N3O5. The quantitative estimate of drug-likeness (QED) is 0.787. The van der Waals surface area contributed by atoms with Crippen molar-refractivity contribution in [1.29, 1.82) is 0 Å². The summed E-state index contributed by atoms with van der Waals surface area (Å²) in [6, 6.07) is 0. The van der Waals surface area contributed by atoms with E-state index in [2.05, 4.69) is 5.10 Å². The number of fused-ring (bicyclic) bond motifs is 1. The van der Waals surface area contributed by atoms with Crippen LogP contribution in [0.15, 0.2) is 6.20 Å². The standard InChI is InChI=1S/C22H35N3O5/c1-8-14(26)16-18(27)17-15(13-25(23-17)20(2,3)4)29-22(16)9-11-24(12-10-22)19(28)30-21(5,6)7/h13-14,16,26H,8-12H2,1-7H3. The van der Waals surface area contributed by atoms with Gasteiger partial charge in [-0.1, -0.05) is 6.92 Å². The van der Waals surface area contributed by atoms with E-state index in [0.29, 0.717) is 38.1 Å². The first-order valence-electron chi connectivity index (χ1n) is 10.8. The Morgan fingerprint density at radius 2 is 1.90 bits per heavy atom. The monoisotopic (exact) mass is 421 g/mol. The summed E-state index contributed by atoms with van der Waals surface area (Å²) in [4.78, 5) is 27.5. The molecule has 2 unspecified atom stereocenters. The van der Waals surface area contributed by atoms with Crippen LogP contribution in [0, 0.1) is 5.92 Å². The summed E-state index contributed by atoms with van der Waals surface area (Å²) in [6.45, 7) is 14.2. The van der Waals surface area contributed by atoms with Crippen LogP contribution >= 0.6 is 0 Å². The zero-order valence-electron chi connectivity index (χ0n) is 19.2. The maximum atomic E-state index is 13.4. The van der Waals surface area contributed by atoms with Crippen molar-refractivity contribution in [3.63, 3.8) is 0 Å². The lowest BCUT2D eigenvalue weighted by molar-refractivity contribution is -0.0805. The van der Waals surface area contributed by atoms with Gasteiger partial charge in [-0.15, -0.1) is 0 Å². The lowest BCUT2D eigenvalue weighted by Crippen LogP contribution is -2.60. The summed E-state index contributed by atoms with van der Waals surface area (Å²) in [5.41, 5.74) is -1.44. The molecule has 1 saturated heterocycles. The van der Waals surface area contributed by atoms with Gasteiger partial charge in [0.2, 0.25) is 0 Å². The van der Waals surface area contributed by atoms with Crippen molar-refractivity contribution in [2.75, 3.05) is 13.1 Å². The number of aliphatic hydroxyl groups excluding tert-OH is 1. The number of rotatable bonds is 2. The van der Waals surface area contributed by atoms with Crippen molar-refractivity contribution in [1.82, 2.24) is 14.7 Å². The molecule has 1 aromatic heterocycles. The Bertz CT molecular complexity index is 810. The molecule has 0 radical (unpaired) electrons. The van der Waals surface area contributed by atoms with Gasteiger partial charge in [0, 0.05) is 25.9 Å². The van der Waals surface area contributed by atoms with Gasteiger partial charge in [-0.25, -0.2) is 4.79 Å². The third kappa shape index (κ3) is 4.19. The number of Topliss-reactive ketones (excluding diaryl/α,β-unsaturated/α-hetero) is 1. The Morgan fingerprint density at radius 1 is 1.30 bits per heavy atom. The van der Waals surface area contributed by atoms with Gasteiger partial charge in [-0.05, 0) is 48.0 Å². The Labute approximate surface area is 178 Å². The molecule has 2 aliphatic heterocycles. The summed E-state index contributed by atoms with van der Waals surface area (Å²) in [5, 5.41) is 15.2. The van der Waals surface area contributed by atoms with Gasteiger partial charge in [0.15, 0.2) is 17.2 Å². The average Bonchev–Trinajstić information content (AvgIpc) is 3.05. The van der Waals surface area contributed by atoms with Crippen molar-refractivity contribution in [2.45, 2.75) is 90.6 Å². The molecule has 168 valence electrons. The van der Waals surface area contributed by atoms with Crippen molar-refractivity contribution < 1.29 is 24.2 Å². The number of hydrogen-bond acceptors (Lipinski definition) is 6. The van der Waals surface area contributed by atoms with E-state index in [1.807, 2.05) is 48.5 Å². The Hall–Kier alpha value is -2.09. The third-order valence-electron chi connectivity index (χ3n) is 5.83. The minimum Gasteiger partial charge on any atom is -0.482 e. The predicted octanol–water partition coefficient (Wildman–Crippen LogP) is 3.37. The number of aromatic nitrogens is 2. The molecule has 2 aliphatic rings. The van der Waals surface area contributed by atoms with E-state index in [-0.39, 0.29) is 23.1 Å². The molecule has 1 spiro atoms. The zero-order valence-corrected chi connectivity index (χ0v) is 19.2. The summed E-state index contributed by atoms with van der Waals surface area (Å²) in [7, 11) is 0. The van der Waals surface area contributed by atoms with E-state index >= 15 is 0 Å². The van der Waals surface area contributed by atoms with Gasteiger partial charge in [-0.2, -0.15) is 5.10 Å². The van der Waals surface area contributed by atoms with Crippen LogP contribution in [-0.4, -0.2) is 62.1 Å². The van der Waals surface area contributed by atoms with Gasteiger partial charge in [0.05, 0.1) is 23.8 Å². The van der Waals surface area contributed by atoms with E-state index in [4.69, 9.17) is 9.47 Å². The van der Waals surface area contributed by atoms with Crippen LogP contribution in [0.25, 0.3) is 0 Å². The fourth-order valence-corrected chi connectivity index (χ4v) is 4.18. The summed E-state index contributed by atoms with van der Waals surface area (Å²) in [5.74, 6) is -0.432. The van der Waals surface area contributed by atoms with Gasteiger partial charge >= 0.3 is 6.09 Å². The van der Waals surface area contributed by atoms with Crippen molar-refractivity contribution in [3.8, 4) is 5.75 Å². The Balaban J connectivity index is 1.89. The van der Waals surface area contributed by atoms with E-state index in [0.717, 1.165) is 0 Å². The van der Waals surface area contributed by atoms with E-state index in [9.17, 15) is 14.7 Å². The summed E-state index contributed by atoms with van der Waals surface area (Å²) >= 11 is 0. The van der Waals surface area contributed by atoms with Crippen molar-refractivity contribution in [3.05, 3.63) is 11.9 Å². The molecule has 8 nitrogen and oxygen atoms in total. The Morgan fingerprint density at radius 3 is 2.40 bits per heavy atom. The fraction of sp³-hybridized carbons (Fsp3) is 0.773. The number of carbonyl (C=O) groups is 2. The number of ether oxygens (including phenoxy) is 2. The lowest BCUT2D eigenvalue weighted by atomic mass is 9.71. The second-order valence-electron chi connectivity index (χ2n) is 10.4. The molecule has 3 heterocycles.